The van der Waals surface area contributed by atoms with Gasteiger partial charge in [-0.05, 0) is 48.5 Å². The summed E-state index contributed by atoms with van der Waals surface area (Å²) < 4.78 is 45.1. The van der Waals surface area contributed by atoms with E-state index in [0.29, 0.717) is 28.4 Å². The zero-order valence-electron chi connectivity index (χ0n) is 12.8. The van der Waals surface area contributed by atoms with Crippen molar-refractivity contribution in [2.45, 2.75) is 0 Å². The molecule has 6 heteroatoms. The number of ether oxygens (including phenoxy) is 1. The fourth-order valence-corrected chi connectivity index (χ4v) is 2.46. The van der Waals surface area contributed by atoms with Crippen molar-refractivity contribution >= 4 is 11.0 Å². The van der Waals surface area contributed by atoms with Crippen LogP contribution in [0, 0.1) is 17.5 Å². The highest BCUT2D eigenvalue weighted by atomic mass is 19.2. The third-order valence-electron chi connectivity index (χ3n) is 3.70. The molecule has 0 aliphatic heterocycles. The number of H-pyrrole nitrogens is 1. The lowest BCUT2D eigenvalue weighted by Gasteiger charge is -2.06. The summed E-state index contributed by atoms with van der Waals surface area (Å²) in [4.78, 5) is 7.22. The third-order valence-corrected chi connectivity index (χ3v) is 3.70. The summed E-state index contributed by atoms with van der Waals surface area (Å²) in [6, 6.07) is 14.8. The largest absolute Gasteiger partial charge is 0.457 e. The van der Waals surface area contributed by atoms with Crippen LogP contribution in [0.1, 0.15) is 0 Å². The van der Waals surface area contributed by atoms with Crippen LogP contribution in [-0.2, 0) is 0 Å². The number of halogens is 3. The molecule has 0 radical (unpaired) electrons. The Morgan fingerprint density at radius 3 is 2.04 bits per heavy atom. The molecule has 4 aromatic rings. The normalized spacial score (nSPS) is 11.0. The van der Waals surface area contributed by atoms with Gasteiger partial charge in [0.25, 0.3) is 0 Å². The minimum atomic E-state index is -0.936. The molecular weight excluding hydrogens is 329 g/mol. The average molecular weight is 340 g/mol. The predicted octanol–water partition coefficient (Wildman–Crippen LogP) is 5.44. The SMILES string of the molecule is Fc1ccc(Oc2ccc(-c3nc4cc(F)c(F)cc4[nH]3)cc2)cc1. The van der Waals surface area contributed by atoms with E-state index in [4.69, 9.17) is 4.74 Å². The number of aromatic nitrogens is 2. The number of aromatic amines is 1. The number of fused-ring (bicyclic) bond motifs is 1. The minimum Gasteiger partial charge on any atom is -0.457 e. The van der Waals surface area contributed by atoms with Gasteiger partial charge in [-0.15, -0.1) is 0 Å². The Bertz CT molecular complexity index is 1000. The molecule has 0 saturated carbocycles. The molecule has 3 nitrogen and oxygen atoms in total. The summed E-state index contributed by atoms with van der Waals surface area (Å²) in [6.07, 6.45) is 0. The molecule has 4 rings (SSSR count). The number of hydrogen-bond acceptors (Lipinski definition) is 2. The van der Waals surface area contributed by atoms with Crippen molar-refractivity contribution < 1.29 is 17.9 Å². The second-order valence-electron chi connectivity index (χ2n) is 5.45. The van der Waals surface area contributed by atoms with Crippen LogP contribution in [0.3, 0.4) is 0 Å². The minimum absolute atomic E-state index is 0.333. The smallest absolute Gasteiger partial charge is 0.161 e. The Morgan fingerprint density at radius 1 is 0.760 bits per heavy atom. The highest BCUT2D eigenvalue weighted by Crippen LogP contribution is 2.26. The van der Waals surface area contributed by atoms with E-state index in [9.17, 15) is 13.2 Å². The van der Waals surface area contributed by atoms with E-state index in [-0.39, 0.29) is 5.82 Å². The zero-order valence-corrected chi connectivity index (χ0v) is 12.8. The molecule has 0 amide bonds. The fourth-order valence-electron chi connectivity index (χ4n) is 2.46. The number of imidazole rings is 1. The van der Waals surface area contributed by atoms with E-state index >= 15 is 0 Å². The summed E-state index contributed by atoms with van der Waals surface area (Å²) in [5, 5.41) is 0. The van der Waals surface area contributed by atoms with Gasteiger partial charge in [-0.3, -0.25) is 0 Å². The van der Waals surface area contributed by atoms with Crippen molar-refractivity contribution in [2.75, 3.05) is 0 Å². The Labute approximate surface area is 140 Å². The summed E-state index contributed by atoms with van der Waals surface area (Å²) in [5.74, 6) is -0.611. The van der Waals surface area contributed by atoms with Crippen LogP contribution >= 0.6 is 0 Å². The highest BCUT2D eigenvalue weighted by molar-refractivity contribution is 5.79. The van der Waals surface area contributed by atoms with Gasteiger partial charge in [-0.2, -0.15) is 0 Å². The quantitative estimate of drug-likeness (QED) is 0.539. The van der Waals surface area contributed by atoms with Crippen LogP contribution in [0.5, 0.6) is 11.5 Å². The van der Waals surface area contributed by atoms with E-state index < -0.39 is 11.6 Å². The maximum Gasteiger partial charge on any atom is 0.161 e. The van der Waals surface area contributed by atoms with Gasteiger partial charge in [0, 0.05) is 17.7 Å². The van der Waals surface area contributed by atoms with Gasteiger partial charge < -0.3 is 9.72 Å². The van der Waals surface area contributed by atoms with Crippen LogP contribution in [-0.4, -0.2) is 9.97 Å². The standard InChI is InChI=1S/C19H11F3N2O/c20-12-3-7-14(8-4-12)25-13-5-1-11(2-6-13)19-23-17-9-15(21)16(22)10-18(17)24-19/h1-10H,(H,23,24). The molecule has 0 aliphatic carbocycles. The van der Waals surface area contributed by atoms with Crippen molar-refractivity contribution in [3.8, 4) is 22.9 Å². The van der Waals surface area contributed by atoms with Crippen molar-refractivity contribution in [3.05, 3.63) is 78.1 Å². The lowest BCUT2D eigenvalue weighted by Crippen LogP contribution is -1.85. The number of hydrogen-bond donors (Lipinski definition) is 1. The molecule has 0 saturated heterocycles. The van der Waals surface area contributed by atoms with E-state index in [2.05, 4.69) is 9.97 Å². The van der Waals surface area contributed by atoms with Gasteiger partial charge >= 0.3 is 0 Å². The molecule has 124 valence electrons. The van der Waals surface area contributed by atoms with E-state index in [1.165, 1.54) is 24.3 Å². The number of nitrogens with zero attached hydrogens (tertiary/aromatic N) is 1. The summed E-state index contributed by atoms with van der Waals surface area (Å²) in [6.45, 7) is 0. The molecular formula is C19H11F3N2O. The maximum absolute atomic E-state index is 13.3. The van der Waals surface area contributed by atoms with Crippen molar-refractivity contribution in [3.63, 3.8) is 0 Å². The van der Waals surface area contributed by atoms with Gasteiger partial charge in [-0.1, -0.05) is 0 Å². The molecule has 3 aromatic carbocycles. The van der Waals surface area contributed by atoms with Gasteiger partial charge in [0.15, 0.2) is 11.6 Å². The van der Waals surface area contributed by atoms with Crippen molar-refractivity contribution in [1.82, 2.24) is 9.97 Å². The number of benzene rings is 3. The highest BCUT2D eigenvalue weighted by Gasteiger charge is 2.10. The van der Waals surface area contributed by atoms with Crippen LogP contribution in [0.25, 0.3) is 22.4 Å². The molecule has 1 N–H and O–H groups in total. The van der Waals surface area contributed by atoms with Gasteiger partial charge in [-0.25, -0.2) is 18.2 Å². The molecule has 1 aromatic heterocycles. The van der Waals surface area contributed by atoms with Gasteiger partial charge in [0.2, 0.25) is 0 Å². The number of nitrogens with one attached hydrogen (secondary N) is 1. The molecule has 0 aliphatic rings. The van der Waals surface area contributed by atoms with Crippen molar-refractivity contribution in [1.29, 1.82) is 0 Å². The summed E-state index contributed by atoms with van der Waals surface area (Å²) in [5.41, 5.74) is 1.50. The van der Waals surface area contributed by atoms with Crippen LogP contribution < -0.4 is 4.74 Å². The molecule has 0 fully saturated rings. The first-order valence-corrected chi connectivity index (χ1v) is 7.47. The van der Waals surface area contributed by atoms with Gasteiger partial charge in [0.05, 0.1) is 11.0 Å². The Balaban J connectivity index is 1.60. The van der Waals surface area contributed by atoms with Crippen LogP contribution in [0.4, 0.5) is 13.2 Å². The van der Waals surface area contributed by atoms with Crippen LogP contribution in [0.2, 0.25) is 0 Å². The Morgan fingerprint density at radius 2 is 1.36 bits per heavy atom. The molecule has 1 heterocycles. The monoisotopic (exact) mass is 340 g/mol. The molecule has 0 bridgehead atoms. The second-order valence-corrected chi connectivity index (χ2v) is 5.45. The molecule has 0 unspecified atom stereocenters. The van der Waals surface area contributed by atoms with E-state index in [1.54, 1.807) is 24.3 Å². The topological polar surface area (TPSA) is 37.9 Å². The third kappa shape index (κ3) is 3.06. The zero-order chi connectivity index (χ0) is 17.4. The summed E-state index contributed by atoms with van der Waals surface area (Å²) >= 11 is 0. The molecule has 0 spiro atoms. The Hall–Kier alpha value is -3.28. The summed E-state index contributed by atoms with van der Waals surface area (Å²) in [7, 11) is 0. The second kappa shape index (κ2) is 5.98. The Kier molecular flexibility index (Phi) is 3.65. The van der Waals surface area contributed by atoms with E-state index in [1.807, 2.05) is 0 Å². The lowest BCUT2D eigenvalue weighted by atomic mass is 10.2. The fraction of sp³-hybridized carbons (Fsp3) is 0. The van der Waals surface area contributed by atoms with E-state index in [0.717, 1.165) is 17.7 Å². The first kappa shape index (κ1) is 15.3. The number of rotatable bonds is 3. The first-order valence-electron chi connectivity index (χ1n) is 7.47. The van der Waals surface area contributed by atoms with Gasteiger partial charge in [0.1, 0.15) is 23.1 Å². The average Bonchev–Trinajstić information content (AvgIpc) is 3.01. The lowest BCUT2D eigenvalue weighted by molar-refractivity contribution is 0.480. The maximum atomic E-state index is 13.3. The molecule has 25 heavy (non-hydrogen) atoms. The molecule has 0 atom stereocenters. The predicted molar refractivity (Wildman–Crippen MR) is 87.9 cm³/mol. The van der Waals surface area contributed by atoms with Crippen molar-refractivity contribution in [2.24, 2.45) is 0 Å². The van der Waals surface area contributed by atoms with Crippen LogP contribution in [0.15, 0.2) is 60.7 Å². The first-order chi connectivity index (χ1) is 12.1.